The molecule has 2 aromatic rings. The molecule has 6 rings (SSSR count). The van der Waals surface area contributed by atoms with Crippen molar-refractivity contribution in [2.75, 3.05) is 63.1 Å². The van der Waals surface area contributed by atoms with Crippen molar-refractivity contribution in [3.63, 3.8) is 0 Å². The second kappa shape index (κ2) is 12.5. The lowest BCUT2D eigenvalue weighted by molar-refractivity contribution is -0.129. The maximum atomic E-state index is 13.8. The van der Waals surface area contributed by atoms with Crippen LogP contribution in [0, 0.1) is 0 Å². The minimum absolute atomic E-state index is 0.0250. The van der Waals surface area contributed by atoms with Crippen molar-refractivity contribution in [2.45, 2.75) is 69.9 Å². The third-order valence-corrected chi connectivity index (χ3v) is 9.45. The summed E-state index contributed by atoms with van der Waals surface area (Å²) in [7, 11) is 1.72. The maximum absolute atomic E-state index is 13.8. The van der Waals surface area contributed by atoms with E-state index in [0.29, 0.717) is 50.1 Å². The summed E-state index contributed by atoms with van der Waals surface area (Å²) in [6.07, 6.45) is 3.70. The first-order valence-corrected chi connectivity index (χ1v) is 15.3. The molecule has 0 spiro atoms. The van der Waals surface area contributed by atoms with Crippen LogP contribution in [0.25, 0.3) is 0 Å². The number of piperidine rings is 2. The van der Waals surface area contributed by atoms with Crippen molar-refractivity contribution in [2.24, 2.45) is 0 Å². The third-order valence-electron chi connectivity index (χ3n) is 9.45. The van der Waals surface area contributed by atoms with Gasteiger partial charge in [-0.15, -0.1) is 0 Å². The lowest BCUT2D eigenvalue weighted by atomic mass is 9.94. The van der Waals surface area contributed by atoms with Gasteiger partial charge in [0.05, 0.1) is 12.2 Å². The number of nitrogens with one attached hydrogen (secondary N) is 1. The number of hydrogen-bond acceptors (Lipinski definition) is 9. The van der Waals surface area contributed by atoms with Crippen molar-refractivity contribution in [1.29, 1.82) is 0 Å². The molecule has 3 saturated heterocycles. The molecule has 3 fully saturated rings. The molecular weight excluding hydrogens is 534 g/mol. The van der Waals surface area contributed by atoms with Gasteiger partial charge in [0.15, 0.2) is 0 Å². The Balaban J connectivity index is 1.15. The maximum Gasteiger partial charge on any atom is 0.272 e. The quantitative estimate of drug-likeness (QED) is 0.530. The molecule has 226 valence electrons. The van der Waals surface area contributed by atoms with E-state index >= 15 is 0 Å². The highest BCUT2D eigenvalue weighted by molar-refractivity contribution is 5.93. The number of anilines is 2. The number of aromatic nitrogens is 2. The van der Waals surface area contributed by atoms with E-state index in [2.05, 4.69) is 39.4 Å². The summed E-state index contributed by atoms with van der Waals surface area (Å²) in [6.45, 7) is 7.05. The fourth-order valence-corrected chi connectivity index (χ4v) is 6.90. The normalized spacial score (nSPS) is 25.4. The highest BCUT2D eigenvalue weighted by Crippen LogP contribution is 2.27. The summed E-state index contributed by atoms with van der Waals surface area (Å²) in [6, 6.07) is 10.5. The highest BCUT2D eigenvalue weighted by atomic mass is 16.5. The highest BCUT2D eigenvalue weighted by Gasteiger charge is 2.36. The molecule has 4 aliphatic rings. The molecule has 0 aliphatic carbocycles. The Hall–Kier alpha value is -3.28. The van der Waals surface area contributed by atoms with E-state index in [1.54, 1.807) is 25.0 Å². The van der Waals surface area contributed by atoms with Crippen LogP contribution in [0.3, 0.4) is 0 Å². The SMILES string of the molecule is CO[C@@H]1CCN(c2nc(NC3CCN(C(C)=O)CC3)cc(C(=O)N3CC[C@@H](N4CCc5ccccc5C4)[C@H](O)C3)n2)C1. The summed E-state index contributed by atoms with van der Waals surface area (Å²) >= 11 is 0. The number of ether oxygens (including phenoxy) is 1. The number of nitrogens with zero attached hydrogens (tertiary/aromatic N) is 6. The van der Waals surface area contributed by atoms with Crippen molar-refractivity contribution in [3.05, 3.63) is 47.2 Å². The van der Waals surface area contributed by atoms with Crippen LogP contribution in [0.1, 0.15) is 54.2 Å². The average Bonchev–Trinajstić information content (AvgIpc) is 3.50. The molecule has 2 amide bonds. The Kier molecular flexibility index (Phi) is 8.60. The van der Waals surface area contributed by atoms with Gasteiger partial charge in [0, 0.05) is 84.5 Å². The van der Waals surface area contributed by atoms with Crippen LogP contribution in [-0.2, 0) is 22.5 Å². The third kappa shape index (κ3) is 6.23. The van der Waals surface area contributed by atoms with Gasteiger partial charge in [-0.2, -0.15) is 4.98 Å². The van der Waals surface area contributed by atoms with Crippen molar-refractivity contribution < 1.29 is 19.4 Å². The molecular formula is C31H43N7O4. The zero-order valence-electron chi connectivity index (χ0n) is 24.7. The number of methoxy groups -OCH3 is 1. The zero-order chi connectivity index (χ0) is 29.2. The van der Waals surface area contributed by atoms with Gasteiger partial charge in [-0.3, -0.25) is 14.5 Å². The fraction of sp³-hybridized carbons (Fsp3) is 0.613. The number of aliphatic hydroxyl groups is 1. The average molecular weight is 578 g/mol. The summed E-state index contributed by atoms with van der Waals surface area (Å²) in [5, 5.41) is 14.7. The minimum Gasteiger partial charge on any atom is -0.390 e. The van der Waals surface area contributed by atoms with E-state index in [4.69, 9.17) is 14.7 Å². The molecule has 2 N–H and O–H groups in total. The summed E-state index contributed by atoms with van der Waals surface area (Å²) < 4.78 is 5.56. The predicted octanol–water partition coefficient (Wildman–Crippen LogP) is 1.76. The number of likely N-dealkylation sites (tertiary alicyclic amines) is 2. The van der Waals surface area contributed by atoms with Crippen LogP contribution in [-0.4, -0.2) is 119 Å². The number of carbonyl (C=O) groups is 2. The smallest absolute Gasteiger partial charge is 0.272 e. The van der Waals surface area contributed by atoms with Gasteiger partial charge in [0.2, 0.25) is 11.9 Å². The number of aliphatic hydroxyl groups excluding tert-OH is 1. The number of amides is 2. The van der Waals surface area contributed by atoms with Crippen LogP contribution in [0.15, 0.2) is 30.3 Å². The second-order valence-corrected chi connectivity index (χ2v) is 12.1. The minimum atomic E-state index is -0.626. The topological polar surface area (TPSA) is 114 Å². The Labute approximate surface area is 247 Å². The Bertz CT molecular complexity index is 1280. The molecule has 0 saturated carbocycles. The van der Waals surface area contributed by atoms with Crippen molar-refractivity contribution in [1.82, 2.24) is 24.7 Å². The molecule has 0 bridgehead atoms. The van der Waals surface area contributed by atoms with E-state index in [9.17, 15) is 14.7 Å². The molecule has 42 heavy (non-hydrogen) atoms. The first kappa shape index (κ1) is 28.8. The molecule has 1 aromatic heterocycles. The number of hydrogen-bond donors (Lipinski definition) is 2. The van der Waals surface area contributed by atoms with Crippen molar-refractivity contribution in [3.8, 4) is 0 Å². The molecule has 5 heterocycles. The number of benzene rings is 1. The molecule has 11 nitrogen and oxygen atoms in total. The van der Waals surface area contributed by atoms with Crippen LogP contribution in [0.2, 0.25) is 0 Å². The number of rotatable bonds is 6. The summed E-state index contributed by atoms with van der Waals surface area (Å²) in [4.78, 5) is 43.2. The van der Waals surface area contributed by atoms with Crippen LogP contribution in [0.4, 0.5) is 11.8 Å². The first-order chi connectivity index (χ1) is 20.4. The van der Waals surface area contributed by atoms with Crippen LogP contribution in [0.5, 0.6) is 0 Å². The van der Waals surface area contributed by atoms with E-state index in [0.717, 1.165) is 45.3 Å². The fourth-order valence-electron chi connectivity index (χ4n) is 6.90. The Morgan fingerprint density at radius 2 is 1.71 bits per heavy atom. The Morgan fingerprint density at radius 3 is 2.43 bits per heavy atom. The lowest BCUT2D eigenvalue weighted by Gasteiger charge is -2.43. The van der Waals surface area contributed by atoms with Gasteiger partial charge < -0.3 is 29.9 Å². The zero-order valence-corrected chi connectivity index (χ0v) is 24.7. The van der Waals surface area contributed by atoms with Gasteiger partial charge in [0.25, 0.3) is 5.91 Å². The largest absolute Gasteiger partial charge is 0.390 e. The molecule has 0 unspecified atom stereocenters. The van der Waals surface area contributed by atoms with Crippen LogP contribution < -0.4 is 10.2 Å². The van der Waals surface area contributed by atoms with E-state index in [-0.39, 0.29) is 36.5 Å². The van der Waals surface area contributed by atoms with E-state index < -0.39 is 6.10 Å². The van der Waals surface area contributed by atoms with E-state index in [1.807, 2.05) is 4.90 Å². The van der Waals surface area contributed by atoms with Gasteiger partial charge in [-0.25, -0.2) is 4.98 Å². The molecule has 11 heteroatoms. The molecule has 0 radical (unpaired) electrons. The molecule has 3 atom stereocenters. The predicted molar refractivity (Wildman–Crippen MR) is 159 cm³/mol. The van der Waals surface area contributed by atoms with Gasteiger partial charge in [-0.05, 0) is 43.2 Å². The Morgan fingerprint density at radius 1 is 0.952 bits per heavy atom. The van der Waals surface area contributed by atoms with E-state index in [1.165, 1.54) is 11.1 Å². The van der Waals surface area contributed by atoms with Crippen LogP contribution >= 0.6 is 0 Å². The standard InChI is InChI=1S/C31H43N7O4/c1-21(39)35-13-8-24(9-14-35)32-29-17-26(33-31(34-29)38-15-10-25(19-38)42-2)30(41)37-16-11-27(28(40)20-37)36-12-7-22-5-3-4-6-23(22)18-36/h3-6,17,24-25,27-28,40H,7-16,18-20H2,1-2H3,(H,32,33,34)/t25-,27-,28-/m1/s1. The lowest BCUT2D eigenvalue weighted by Crippen LogP contribution is -2.56. The molecule has 4 aliphatic heterocycles. The van der Waals surface area contributed by atoms with Gasteiger partial charge in [-0.1, -0.05) is 24.3 Å². The van der Waals surface area contributed by atoms with Crippen molar-refractivity contribution >= 4 is 23.6 Å². The summed E-state index contributed by atoms with van der Waals surface area (Å²) in [5.74, 6) is 1.06. The van der Waals surface area contributed by atoms with Gasteiger partial charge in [0.1, 0.15) is 11.5 Å². The summed E-state index contributed by atoms with van der Waals surface area (Å²) in [5.41, 5.74) is 3.05. The monoisotopic (exact) mass is 577 g/mol. The second-order valence-electron chi connectivity index (χ2n) is 12.1. The van der Waals surface area contributed by atoms with Gasteiger partial charge >= 0.3 is 0 Å². The number of carbonyl (C=O) groups excluding carboxylic acids is 2. The number of fused-ring (bicyclic) bond motifs is 1. The molecule has 1 aromatic carbocycles. The first-order valence-electron chi connectivity index (χ1n) is 15.3. The number of β-amino-alcohol motifs (C(OH)–C–C–N with tert-alkyl or cyclic N) is 1.